The summed E-state index contributed by atoms with van der Waals surface area (Å²) < 4.78 is 1.53. The van der Waals surface area contributed by atoms with Crippen molar-refractivity contribution < 1.29 is 4.79 Å². The number of rotatable bonds is 3. The molecule has 0 atom stereocenters. The standard InChI is InChI=1S/C20H25N5O2/c1-11-4-17(26)23-19(21-11)25-16(3-12(2)24-25)22-18(27)20-8-13-5-14(9-20)7-15(6-13)10-20/h3-4,13-15H,5-10H2,1-2H3,(H,22,27)(H,21,23,26). The lowest BCUT2D eigenvalue weighted by atomic mass is 9.49. The van der Waals surface area contributed by atoms with Gasteiger partial charge in [0.2, 0.25) is 11.9 Å². The van der Waals surface area contributed by atoms with Crippen molar-refractivity contribution in [2.45, 2.75) is 52.4 Å². The summed E-state index contributed by atoms with van der Waals surface area (Å²) in [4.78, 5) is 32.3. The number of aromatic nitrogens is 4. The van der Waals surface area contributed by atoms with E-state index >= 15 is 0 Å². The minimum absolute atomic E-state index is 0.109. The summed E-state index contributed by atoms with van der Waals surface area (Å²) in [7, 11) is 0. The number of amides is 1. The van der Waals surface area contributed by atoms with Crippen LogP contribution >= 0.6 is 0 Å². The normalized spacial score (nSPS) is 31.3. The summed E-state index contributed by atoms with van der Waals surface area (Å²) in [6.45, 7) is 3.63. The Morgan fingerprint density at radius 3 is 2.33 bits per heavy atom. The van der Waals surface area contributed by atoms with E-state index in [2.05, 4.69) is 20.4 Å². The maximum Gasteiger partial charge on any atom is 0.252 e. The van der Waals surface area contributed by atoms with Gasteiger partial charge >= 0.3 is 0 Å². The van der Waals surface area contributed by atoms with Crippen LogP contribution in [0.4, 0.5) is 5.82 Å². The molecule has 4 aliphatic carbocycles. The molecule has 7 heteroatoms. The number of aromatic amines is 1. The predicted octanol–water partition coefficient (Wildman–Crippen LogP) is 2.73. The van der Waals surface area contributed by atoms with Crippen LogP contribution in [0.5, 0.6) is 0 Å². The molecular formula is C20H25N5O2. The molecule has 4 saturated carbocycles. The highest BCUT2D eigenvalue weighted by Gasteiger charge is 2.54. The lowest BCUT2D eigenvalue weighted by Gasteiger charge is -2.55. The summed E-state index contributed by atoms with van der Waals surface area (Å²) >= 11 is 0. The smallest absolute Gasteiger partial charge is 0.252 e. The second-order valence-electron chi connectivity index (χ2n) is 8.95. The summed E-state index contributed by atoms with van der Waals surface area (Å²) in [6, 6.07) is 3.27. The fourth-order valence-electron chi connectivity index (χ4n) is 6.05. The van der Waals surface area contributed by atoms with Gasteiger partial charge < -0.3 is 5.32 Å². The molecule has 1 amide bonds. The topological polar surface area (TPSA) is 92.7 Å². The molecule has 0 spiro atoms. The summed E-state index contributed by atoms with van der Waals surface area (Å²) in [5, 5.41) is 7.56. The first-order chi connectivity index (χ1) is 12.9. The zero-order valence-electron chi connectivity index (χ0n) is 15.8. The van der Waals surface area contributed by atoms with Gasteiger partial charge in [-0.05, 0) is 70.1 Å². The minimum Gasteiger partial charge on any atom is -0.310 e. The zero-order valence-corrected chi connectivity index (χ0v) is 15.8. The molecule has 2 aromatic heterocycles. The molecule has 7 nitrogen and oxygen atoms in total. The van der Waals surface area contributed by atoms with Gasteiger partial charge in [0, 0.05) is 17.8 Å². The van der Waals surface area contributed by atoms with Crippen LogP contribution in [0.3, 0.4) is 0 Å². The van der Waals surface area contributed by atoms with Crippen molar-refractivity contribution in [2.24, 2.45) is 23.2 Å². The van der Waals surface area contributed by atoms with Gasteiger partial charge in [-0.3, -0.25) is 14.6 Å². The van der Waals surface area contributed by atoms with Crippen LogP contribution in [0.1, 0.15) is 49.9 Å². The fraction of sp³-hybridized carbons (Fsp3) is 0.600. The van der Waals surface area contributed by atoms with E-state index in [0.717, 1.165) is 25.0 Å². The van der Waals surface area contributed by atoms with Gasteiger partial charge in [-0.25, -0.2) is 4.98 Å². The number of nitrogens with zero attached hydrogens (tertiary/aromatic N) is 3. The Labute approximate surface area is 157 Å². The number of hydrogen-bond acceptors (Lipinski definition) is 4. The van der Waals surface area contributed by atoms with E-state index < -0.39 is 0 Å². The van der Waals surface area contributed by atoms with E-state index in [1.165, 1.54) is 30.0 Å². The van der Waals surface area contributed by atoms with Gasteiger partial charge in [0.05, 0.1) is 11.1 Å². The van der Waals surface area contributed by atoms with Crippen LogP contribution in [0.2, 0.25) is 0 Å². The molecule has 4 aliphatic rings. The van der Waals surface area contributed by atoms with E-state index in [9.17, 15) is 9.59 Å². The van der Waals surface area contributed by atoms with Crippen LogP contribution in [-0.2, 0) is 4.79 Å². The van der Waals surface area contributed by atoms with Crippen molar-refractivity contribution in [3.05, 3.63) is 33.9 Å². The average molecular weight is 367 g/mol. The molecule has 0 aromatic carbocycles. The molecule has 142 valence electrons. The van der Waals surface area contributed by atoms with E-state index in [-0.39, 0.29) is 16.9 Å². The Bertz CT molecular complexity index is 938. The first-order valence-corrected chi connectivity index (χ1v) is 9.87. The van der Waals surface area contributed by atoms with Crippen LogP contribution < -0.4 is 10.9 Å². The Morgan fingerprint density at radius 1 is 1.11 bits per heavy atom. The molecule has 0 unspecified atom stereocenters. The minimum atomic E-state index is -0.232. The Morgan fingerprint density at radius 2 is 1.74 bits per heavy atom. The van der Waals surface area contributed by atoms with Gasteiger partial charge in [0.25, 0.3) is 5.56 Å². The zero-order chi connectivity index (χ0) is 18.8. The fourth-order valence-corrected chi connectivity index (χ4v) is 6.05. The van der Waals surface area contributed by atoms with Gasteiger partial charge in [0.15, 0.2) is 0 Å². The number of anilines is 1. The third kappa shape index (κ3) is 2.80. The van der Waals surface area contributed by atoms with Crippen molar-refractivity contribution in [1.29, 1.82) is 0 Å². The van der Waals surface area contributed by atoms with Crippen molar-refractivity contribution in [1.82, 2.24) is 19.7 Å². The van der Waals surface area contributed by atoms with E-state index in [0.29, 0.717) is 35.2 Å². The molecule has 4 bridgehead atoms. The molecule has 2 aromatic rings. The molecule has 2 heterocycles. The van der Waals surface area contributed by atoms with Crippen LogP contribution in [-0.4, -0.2) is 25.7 Å². The molecule has 27 heavy (non-hydrogen) atoms. The Balaban J connectivity index is 1.46. The number of hydrogen-bond donors (Lipinski definition) is 2. The monoisotopic (exact) mass is 367 g/mol. The molecule has 0 aliphatic heterocycles. The van der Waals surface area contributed by atoms with Crippen molar-refractivity contribution in [3.8, 4) is 5.95 Å². The number of carbonyl (C=O) groups is 1. The summed E-state index contributed by atoms with van der Waals surface area (Å²) in [5.41, 5.74) is 0.912. The second kappa shape index (κ2) is 5.78. The van der Waals surface area contributed by atoms with Gasteiger partial charge in [-0.1, -0.05) is 0 Å². The third-order valence-corrected chi connectivity index (χ3v) is 6.65. The van der Waals surface area contributed by atoms with Crippen LogP contribution in [0.25, 0.3) is 5.95 Å². The molecule has 6 rings (SSSR count). The predicted molar refractivity (Wildman–Crippen MR) is 101 cm³/mol. The highest BCUT2D eigenvalue weighted by atomic mass is 16.2. The lowest BCUT2D eigenvalue weighted by molar-refractivity contribution is -0.140. The maximum absolute atomic E-state index is 13.3. The first kappa shape index (κ1) is 16.7. The number of aryl methyl sites for hydroxylation is 2. The number of H-pyrrole nitrogens is 1. The molecule has 2 N–H and O–H groups in total. The van der Waals surface area contributed by atoms with Crippen molar-refractivity contribution in [3.63, 3.8) is 0 Å². The van der Waals surface area contributed by atoms with Gasteiger partial charge in [-0.2, -0.15) is 9.78 Å². The SMILES string of the molecule is Cc1cc(=O)[nH]c(-n2nc(C)cc2NC(=O)C23CC4CC(CC(C4)C2)C3)n1. The third-order valence-electron chi connectivity index (χ3n) is 6.65. The molecule has 0 radical (unpaired) electrons. The highest BCUT2D eigenvalue weighted by molar-refractivity contribution is 5.95. The van der Waals surface area contributed by atoms with E-state index in [1.54, 1.807) is 6.92 Å². The second-order valence-corrected chi connectivity index (χ2v) is 8.95. The van der Waals surface area contributed by atoms with Crippen molar-refractivity contribution in [2.75, 3.05) is 5.32 Å². The van der Waals surface area contributed by atoms with Crippen LogP contribution in [0, 0.1) is 37.0 Å². The average Bonchev–Trinajstić information content (AvgIpc) is 2.93. The summed E-state index contributed by atoms with van der Waals surface area (Å²) in [5.74, 6) is 3.14. The lowest BCUT2D eigenvalue weighted by Crippen LogP contribution is -2.51. The first-order valence-electron chi connectivity index (χ1n) is 9.87. The molecule has 4 fully saturated rings. The maximum atomic E-state index is 13.3. The number of nitrogens with one attached hydrogen (secondary N) is 2. The van der Waals surface area contributed by atoms with E-state index in [4.69, 9.17) is 0 Å². The molecular weight excluding hydrogens is 342 g/mol. The largest absolute Gasteiger partial charge is 0.310 e. The highest BCUT2D eigenvalue weighted by Crippen LogP contribution is 2.60. The van der Waals surface area contributed by atoms with E-state index in [1.807, 2.05) is 13.0 Å². The molecule has 0 saturated heterocycles. The van der Waals surface area contributed by atoms with Gasteiger partial charge in [-0.15, -0.1) is 0 Å². The van der Waals surface area contributed by atoms with Gasteiger partial charge in [0.1, 0.15) is 5.82 Å². The Hall–Kier alpha value is -2.44. The number of carbonyl (C=O) groups excluding carboxylic acids is 1. The van der Waals surface area contributed by atoms with Crippen LogP contribution in [0.15, 0.2) is 16.9 Å². The summed E-state index contributed by atoms with van der Waals surface area (Å²) in [6.07, 6.45) is 6.94. The van der Waals surface area contributed by atoms with Crippen molar-refractivity contribution >= 4 is 11.7 Å². The Kier molecular flexibility index (Phi) is 3.58. The quantitative estimate of drug-likeness (QED) is 0.872.